The summed E-state index contributed by atoms with van der Waals surface area (Å²) in [6.07, 6.45) is 7.76. The molecule has 0 aliphatic carbocycles. The number of nitrogens with zero attached hydrogens (tertiary/aromatic N) is 1. The highest BCUT2D eigenvalue weighted by Gasteiger charge is 2.15. The summed E-state index contributed by atoms with van der Waals surface area (Å²) in [5.74, 6) is 1.59. The van der Waals surface area contributed by atoms with Crippen LogP contribution in [0.4, 0.5) is 0 Å². The Morgan fingerprint density at radius 2 is 1.58 bits per heavy atom. The Bertz CT molecular complexity index is 192. The van der Waals surface area contributed by atoms with Crippen molar-refractivity contribution in [2.45, 2.75) is 79.2 Å². The summed E-state index contributed by atoms with van der Waals surface area (Å²) in [6, 6.07) is 0.735. The molecule has 0 bridgehead atoms. The molecule has 0 saturated carbocycles. The van der Waals surface area contributed by atoms with Gasteiger partial charge in [-0.3, -0.25) is 0 Å². The van der Waals surface area contributed by atoms with E-state index < -0.39 is 0 Å². The number of hydrogen-bond donors (Lipinski definition) is 1. The van der Waals surface area contributed by atoms with Crippen LogP contribution in [0.3, 0.4) is 0 Å². The van der Waals surface area contributed by atoms with E-state index in [1.54, 1.807) is 0 Å². The average Bonchev–Trinajstić information content (AvgIpc) is 2.40. The Morgan fingerprint density at radius 1 is 0.947 bits per heavy atom. The maximum Gasteiger partial charge on any atom is 0.00643 e. The fraction of sp³-hybridized carbons (Fsp3) is 1.00. The summed E-state index contributed by atoms with van der Waals surface area (Å²) in [7, 11) is 0. The molecule has 0 aromatic rings. The molecule has 19 heavy (non-hydrogen) atoms. The lowest BCUT2D eigenvalue weighted by Gasteiger charge is -2.29. The second-order valence-electron chi connectivity index (χ2n) is 6.37. The molecular weight excluding hydrogens is 232 g/mol. The molecule has 2 atom stereocenters. The van der Waals surface area contributed by atoms with E-state index in [0.717, 1.165) is 24.4 Å². The monoisotopic (exact) mass is 270 g/mol. The zero-order valence-electron chi connectivity index (χ0n) is 14.1. The summed E-state index contributed by atoms with van der Waals surface area (Å²) in [5, 5.41) is 0. The van der Waals surface area contributed by atoms with Crippen molar-refractivity contribution in [3.63, 3.8) is 0 Å². The van der Waals surface area contributed by atoms with Gasteiger partial charge in [0, 0.05) is 6.04 Å². The first-order valence-corrected chi connectivity index (χ1v) is 8.50. The first-order valence-electron chi connectivity index (χ1n) is 8.50. The number of rotatable bonds is 12. The lowest BCUT2D eigenvalue weighted by atomic mass is 9.88. The van der Waals surface area contributed by atoms with E-state index in [2.05, 4.69) is 39.5 Å². The van der Waals surface area contributed by atoms with Crippen LogP contribution in [-0.2, 0) is 0 Å². The molecule has 0 aromatic heterocycles. The highest BCUT2D eigenvalue weighted by Crippen LogP contribution is 2.21. The Morgan fingerprint density at radius 3 is 2.05 bits per heavy atom. The van der Waals surface area contributed by atoms with Crippen LogP contribution in [-0.4, -0.2) is 30.6 Å². The average molecular weight is 271 g/mol. The van der Waals surface area contributed by atoms with Gasteiger partial charge in [-0.15, -0.1) is 0 Å². The molecule has 2 unspecified atom stereocenters. The first-order chi connectivity index (χ1) is 9.06. The van der Waals surface area contributed by atoms with E-state index in [4.69, 9.17) is 5.73 Å². The van der Waals surface area contributed by atoms with Gasteiger partial charge in [0.15, 0.2) is 0 Å². The molecule has 0 aliphatic rings. The zero-order valence-corrected chi connectivity index (χ0v) is 14.1. The van der Waals surface area contributed by atoms with Crippen LogP contribution in [0.25, 0.3) is 0 Å². The van der Waals surface area contributed by atoms with Gasteiger partial charge in [0.1, 0.15) is 0 Å². The van der Waals surface area contributed by atoms with Crippen molar-refractivity contribution >= 4 is 0 Å². The molecule has 2 heteroatoms. The van der Waals surface area contributed by atoms with Gasteiger partial charge in [-0.05, 0) is 70.5 Å². The third kappa shape index (κ3) is 8.65. The van der Waals surface area contributed by atoms with Gasteiger partial charge in [0.2, 0.25) is 0 Å². The zero-order chi connectivity index (χ0) is 14.7. The van der Waals surface area contributed by atoms with E-state index >= 15 is 0 Å². The van der Waals surface area contributed by atoms with Gasteiger partial charge >= 0.3 is 0 Å². The van der Waals surface area contributed by atoms with Gasteiger partial charge in [-0.25, -0.2) is 0 Å². The number of unbranched alkanes of at least 4 members (excludes halogenated alkanes) is 1. The maximum absolute atomic E-state index is 5.72. The summed E-state index contributed by atoms with van der Waals surface area (Å²) < 4.78 is 0. The molecule has 2 nitrogen and oxygen atoms in total. The van der Waals surface area contributed by atoms with Crippen LogP contribution in [0.15, 0.2) is 0 Å². The molecule has 2 N–H and O–H groups in total. The van der Waals surface area contributed by atoms with Crippen molar-refractivity contribution in [3.8, 4) is 0 Å². The van der Waals surface area contributed by atoms with Crippen molar-refractivity contribution in [3.05, 3.63) is 0 Å². The minimum absolute atomic E-state index is 0.735. The van der Waals surface area contributed by atoms with Gasteiger partial charge < -0.3 is 10.6 Å². The van der Waals surface area contributed by atoms with Gasteiger partial charge in [0.05, 0.1) is 0 Å². The SMILES string of the molecule is CCCCN(CCCC(CCN)C(C)C)C(C)CC. The molecule has 0 aromatic carbocycles. The van der Waals surface area contributed by atoms with E-state index in [1.165, 1.54) is 51.6 Å². The van der Waals surface area contributed by atoms with E-state index in [1.807, 2.05) is 0 Å². The van der Waals surface area contributed by atoms with Gasteiger partial charge in [0.25, 0.3) is 0 Å². The summed E-state index contributed by atoms with van der Waals surface area (Å²) in [4.78, 5) is 2.68. The van der Waals surface area contributed by atoms with Crippen LogP contribution in [0.5, 0.6) is 0 Å². The van der Waals surface area contributed by atoms with Crippen molar-refractivity contribution in [1.29, 1.82) is 0 Å². The maximum atomic E-state index is 5.72. The predicted molar refractivity (Wildman–Crippen MR) is 87.5 cm³/mol. The molecule has 0 amide bonds. The summed E-state index contributed by atoms with van der Waals surface area (Å²) in [6.45, 7) is 15.0. The molecule has 0 fully saturated rings. The number of hydrogen-bond acceptors (Lipinski definition) is 2. The van der Waals surface area contributed by atoms with Crippen LogP contribution in [0.2, 0.25) is 0 Å². The van der Waals surface area contributed by atoms with Gasteiger partial charge in [-0.1, -0.05) is 34.1 Å². The predicted octanol–water partition coefficient (Wildman–Crippen LogP) is 4.29. The van der Waals surface area contributed by atoms with Gasteiger partial charge in [-0.2, -0.15) is 0 Å². The molecule has 0 rings (SSSR count). The smallest absolute Gasteiger partial charge is 0.00643 e. The second-order valence-corrected chi connectivity index (χ2v) is 6.37. The Hall–Kier alpha value is -0.0800. The van der Waals surface area contributed by atoms with E-state index in [-0.39, 0.29) is 0 Å². The van der Waals surface area contributed by atoms with Crippen LogP contribution >= 0.6 is 0 Å². The van der Waals surface area contributed by atoms with Crippen molar-refractivity contribution in [2.24, 2.45) is 17.6 Å². The lowest BCUT2D eigenvalue weighted by molar-refractivity contribution is 0.188. The fourth-order valence-corrected chi connectivity index (χ4v) is 2.75. The summed E-state index contributed by atoms with van der Waals surface area (Å²) in [5.41, 5.74) is 5.72. The molecule has 0 spiro atoms. The standard InChI is InChI=1S/C17H38N2/c1-6-8-13-19(16(5)7-2)14-9-10-17(11-12-18)15(3)4/h15-17H,6-14,18H2,1-5H3. The topological polar surface area (TPSA) is 29.3 Å². The van der Waals surface area contributed by atoms with Crippen molar-refractivity contribution in [1.82, 2.24) is 4.90 Å². The van der Waals surface area contributed by atoms with Crippen LogP contribution in [0.1, 0.15) is 73.1 Å². The normalized spacial score (nSPS) is 15.2. The van der Waals surface area contributed by atoms with E-state index in [0.29, 0.717) is 0 Å². The fourth-order valence-electron chi connectivity index (χ4n) is 2.75. The van der Waals surface area contributed by atoms with Crippen molar-refractivity contribution in [2.75, 3.05) is 19.6 Å². The minimum Gasteiger partial charge on any atom is -0.330 e. The van der Waals surface area contributed by atoms with Crippen LogP contribution in [0, 0.1) is 11.8 Å². The third-order valence-electron chi connectivity index (χ3n) is 4.51. The molecule has 0 radical (unpaired) electrons. The molecular formula is C17H38N2. The highest BCUT2D eigenvalue weighted by molar-refractivity contribution is 4.69. The second kappa shape index (κ2) is 11.7. The molecule has 0 heterocycles. The molecule has 0 aliphatic heterocycles. The third-order valence-corrected chi connectivity index (χ3v) is 4.51. The Kier molecular flexibility index (Phi) is 11.7. The Labute approximate surface area is 122 Å². The Balaban J connectivity index is 4.07. The summed E-state index contributed by atoms with van der Waals surface area (Å²) >= 11 is 0. The van der Waals surface area contributed by atoms with E-state index in [9.17, 15) is 0 Å². The largest absolute Gasteiger partial charge is 0.330 e. The lowest BCUT2D eigenvalue weighted by Crippen LogP contribution is -2.34. The molecule has 0 saturated heterocycles. The first kappa shape index (κ1) is 18.9. The quantitative estimate of drug-likeness (QED) is 0.573. The minimum atomic E-state index is 0.735. The molecule has 116 valence electrons. The number of nitrogens with two attached hydrogens (primary N) is 1. The van der Waals surface area contributed by atoms with Crippen molar-refractivity contribution < 1.29 is 0 Å². The van der Waals surface area contributed by atoms with Crippen LogP contribution < -0.4 is 5.73 Å². The highest BCUT2D eigenvalue weighted by atomic mass is 15.1.